The van der Waals surface area contributed by atoms with E-state index in [0.29, 0.717) is 17.8 Å². The van der Waals surface area contributed by atoms with Gasteiger partial charge in [0.05, 0.1) is 4.92 Å². The number of hydrogen-bond donors (Lipinski definition) is 2. The van der Waals surface area contributed by atoms with Crippen molar-refractivity contribution >= 4 is 17.5 Å². The lowest BCUT2D eigenvalue weighted by molar-refractivity contribution is -0.384. The van der Waals surface area contributed by atoms with Crippen LogP contribution < -0.4 is 11.1 Å². The topological polar surface area (TPSA) is 81.2 Å². The Balaban J connectivity index is 2.95. The van der Waals surface area contributed by atoms with Crippen molar-refractivity contribution in [3.8, 4) is 0 Å². The Hall–Kier alpha value is -1.88. The fourth-order valence-electron chi connectivity index (χ4n) is 1.12. The fraction of sp³-hybridized carbons (Fsp3) is 0.200. The van der Waals surface area contributed by atoms with E-state index in [9.17, 15) is 10.1 Å². The molecule has 0 saturated carbocycles. The summed E-state index contributed by atoms with van der Waals surface area (Å²) in [6, 6.07) is 4.39. The van der Waals surface area contributed by atoms with Crippen molar-refractivity contribution in [1.82, 2.24) is 5.32 Å². The Morgan fingerprint density at radius 3 is 2.93 bits per heavy atom. The molecule has 0 radical (unpaired) electrons. The summed E-state index contributed by atoms with van der Waals surface area (Å²) >= 11 is 0. The number of rotatable bonds is 4. The lowest BCUT2D eigenvalue weighted by atomic mass is 10.1. The fourth-order valence-corrected chi connectivity index (χ4v) is 1.12. The van der Waals surface area contributed by atoms with Crippen molar-refractivity contribution in [1.29, 1.82) is 0 Å². The van der Waals surface area contributed by atoms with Gasteiger partial charge in [0.15, 0.2) is 0 Å². The molecule has 1 aromatic rings. The molecule has 0 aliphatic rings. The Morgan fingerprint density at radius 2 is 2.33 bits per heavy atom. The van der Waals surface area contributed by atoms with Crippen LogP contribution in [0, 0.1) is 10.1 Å². The van der Waals surface area contributed by atoms with E-state index in [1.165, 1.54) is 18.2 Å². The Labute approximate surface area is 87.7 Å². The van der Waals surface area contributed by atoms with Crippen molar-refractivity contribution < 1.29 is 4.92 Å². The number of nitro benzene ring substituents is 1. The molecule has 0 heterocycles. The maximum absolute atomic E-state index is 10.5. The predicted molar refractivity (Wildman–Crippen MR) is 60.5 cm³/mol. The van der Waals surface area contributed by atoms with Crippen LogP contribution in [0.1, 0.15) is 5.56 Å². The molecule has 0 atom stereocenters. The van der Waals surface area contributed by atoms with Crippen molar-refractivity contribution in [3.05, 3.63) is 40.0 Å². The number of nitrogens with zero attached hydrogens (tertiary/aromatic N) is 1. The Bertz CT molecular complexity index is 388. The quantitative estimate of drug-likeness (QED) is 0.444. The number of nitrogens with one attached hydrogen (secondary N) is 1. The van der Waals surface area contributed by atoms with E-state index >= 15 is 0 Å². The van der Waals surface area contributed by atoms with Gasteiger partial charge in [-0.25, -0.2) is 0 Å². The molecule has 0 aliphatic heterocycles. The van der Waals surface area contributed by atoms with Gasteiger partial charge < -0.3 is 11.1 Å². The van der Waals surface area contributed by atoms with Crippen LogP contribution in [0.3, 0.4) is 0 Å². The second-order valence-corrected chi connectivity index (χ2v) is 3.03. The summed E-state index contributed by atoms with van der Waals surface area (Å²) in [5, 5.41) is 13.5. The molecular weight excluding hydrogens is 194 g/mol. The van der Waals surface area contributed by atoms with Gasteiger partial charge in [-0.3, -0.25) is 10.1 Å². The monoisotopic (exact) mass is 207 g/mol. The van der Waals surface area contributed by atoms with Gasteiger partial charge in [-0.05, 0) is 13.1 Å². The van der Waals surface area contributed by atoms with E-state index in [0.717, 1.165) is 0 Å². The number of nitro groups is 1. The first-order valence-electron chi connectivity index (χ1n) is 4.50. The van der Waals surface area contributed by atoms with Crippen LogP contribution in [0.4, 0.5) is 11.4 Å². The average molecular weight is 207 g/mol. The lowest BCUT2D eigenvalue weighted by Crippen LogP contribution is -2.03. The molecule has 80 valence electrons. The molecule has 1 aromatic carbocycles. The largest absolute Gasteiger partial charge is 0.398 e. The minimum absolute atomic E-state index is 0.0494. The molecule has 1 rings (SSSR count). The number of benzene rings is 1. The third-order valence-corrected chi connectivity index (χ3v) is 1.90. The summed E-state index contributed by atoms with van der Waals surface area (Å²) in [6.45, 7) is 0.697. The third-order valence-electron chi connectivity index (χ3n) is 1.90. The van der Waals surface area contributed by atoms with E-state index in [4.69, 9.17) is 5.73 Å². The van der Waals surface area contributed by atoms with Gasteiger partial charge in [-0.2, -0.15) is 0 Å². The van der Waals surface area contributed by atoms with Crippen molar-refractivity contribution in [3.63, 3.8) is 0 Å². The van der Waals surface area contributed by atoms with Crippen LogP contribution >= 0.6 is 0 Å². The second kappa shape index (κ2) is 5.11. The van der Waals surface area contributed by atoms with Crippen LogP contribution in [0.15, 0.2) is 24.3 Å². The summed E-state index contributed by atoms with van der Waals surface area (Å²) < 4.78 is 0. The summed E-state index contributed by atoms with van der Waals surface area (Å²) in [4.78, 5) is 10.1. The van der Waals surface area contributed by atoms with E-state index in [1.54, 1.807) is 6.08 Å². The molecule has 0 unspecified atom stereocenters. The zero-order valence-corrected chi connectivity index (χ0v) is 8.43. The molecule has 0 fully saturated rings. The van der Waals surface area contributed by atoms with Gasteiger partial charge in [-0.1, -0.05) is 12.2 Å². The summed E-state index contributed by atoms with van der Waals surface area (Å²) in [7, 11) is 1.82. The number of hydrogen-bond acceptors (Lipinski definition) is 4. The summed E-state index contributed by atoms with van der Waals surface area (Å²) in [5.41, 5.74) is 6.93. The number of non-ortho nitro benzene ring substituents is 1. The number of likely N-dealkylation sites (N-methyl/N-ethyl adjacent to an activating group) is 1. The minimum atomic E-state index is -0.436. The highest BCUT2D eigenvalue weighted by Crippen LogP contribution is 2.20. The Kier molecular flexibility index (Phi) is 3.82. The Morgan fingerprint density at radius 1 is 1.60 bits per heavy atom. The zero-order valence-electron chi connectivity index (χ0n) is 8.43. The highest BCUT2D eigenvalue weighted by Gasteiger charge is 2.06. The van der Waals surface area contributed by atoms with Crippen LogP contribution in [-0.4, -0.2) is 18.5 Å². The molecule has 5 nitrogen and oxygen atoms in total. The smallest absolute Gasteiger partial charge is 0.270 e. The first-order chi connectivity index (χ1) is 7.15. The van der Waals surface area contributed by atoms with Gasteiger partial charge in [0.2, 0.25) is 0 Å². The van der Waals surface area contributed by atoms with Gasteiger partial charge in [0, 0.05) is 29.9 Å². The van der Waals surface area contributed by atoms with E-state index in [-0.39, 0.29) is 5.69 Å². The maximum Gasteiger partial charge on any atom is 0.270 e. The molecule has 0 saturated heterocycles. The SMILES string of the molecule is CNCC=Cc1cc([N+](=O)[O-])ccc1N. The predicted octanol–water partition coefficient (Wildman–Crippen LogP) is 1.41. The normalized spacial score (nSPS) is 10.7. The highest BCUT2D eigenvalue weighted by atomic mass is 16.6. The van der Waals surface area contributed by atoms with Crippen LogP contribution in [-0.2, 0) is 0 Å². The summed E-state index contributed by atoms with van der Waals surface area (Å²) in [6.07, 6.45) is 3.62. The standard InChI is InChI=1S/C10H13N3O2/c1-12-6-2-3-8-7-9(13(14)15)4-5-10(8)11/h2-5,7,12H,6,11H2,1H3. The van der Waals surface area contributed by atoms with E-state index in [2.05, 4.69) is 5.32 Å². The van der Waals surface area contributed by atoms with Crippen molar-refractivity contribution in [2.75, 3.05) is 19.3 Å². The molecule has 15 heavy (non-hydrogen) atoms. The van der Waals surface area contributed by atoms with Gasteiger partial charge >= 0.3 is 0 Å². The molecule has 0 amide bonds. The van der Waals surface area contributed by atoms with E-state index < -0.39 is 4.92 Å². The van der Waals surface area contributed by atoms with Crippen molar-refractivity contribution in [2.45, 2.75) is 0 Å². The van der Waals surface area contributed by atoms with Gasteiger partial charge in [0.1, 0.15) is 0 Å². The van der Waals surface area contributed by atoms with E-state index in [1.807, 2.05) is 13.1 Å². The highest BCUT2D eigenvalue weighted by molar-refractivity contribution is 5.67. The van der Waals surface area contributed by atoms with Crippen LogP contribution in [0.2, 0.25) is 0 Å². The second-order valence-electron chi connectivity index (χ2n) is 3.03. The van der Waals surface area contributed by atoms with Crippen LogP contribution in [0.25, 0.3) is 6.08 Å². The number of nitrogen functional groups attached to an aromatic ring is 1. The molecular formula is C10H13N3O2. The van der Waals surface area contributed by atoms with Crippen molar-refractivity contribution in [2.24, 2.45) is 0 Å². The lowest BCUT2D eigenvalue weighted by Gasteiger charge is -1.99. The first-order valence-corrected chi connectivity index (χ1v) is 4.50. The molecule has 3 N–H and O–H groups in total. The van der Waals surface area contributed by atoms with Crippen LogP contribution in [0.5, 0.6) is 0 Å². The molecule has 5 heteroatoms. The first kappa shape index (κ1) is 11.2. The number of nitrogens with two attached hydrogens (primary N) is 1. The average Bonchev–Trinajstić information content (AvgIpc) is 2.20. The maximum atomic E-state index is 10.5. The molecule has 0 bridgehead atoms. The molecule has 0 spiro atoms. The minimum Gasteiger partial charge on any atom is -0.398 e. The number of anilines is 1. The van der Waals surface area contributed by atoms with Gasteiger partial charge in [-0.15, -0.1) is 0 Å². The van der Waals surface area contributed by atoms with Gasteiger partial charge in [0.25, 0.3) is 5.69 Å². The molecule has 0 aliphatic carbocycles. The summed E-state index contributed by atoms with van der Waals surface area (Å²) in [5.74, 6) is 0. The molecule has 0 aromatic heterocycles. The third kappa shape index (κ3) is 3.07. The zero-order chi connectivity index (χ0) is 11.3.